The summed E-state index contributed by atoms with van der Waals surface area (Å²) >= 11 is 5.93. The summed E-state index contributed by atoms with van der Waals surface area (Å²) in [5, 5.41) is 0.140. The van der Waals surface area contributed by atoms with Gasteiger partial charge in [-0.2, -0.15) is 0 Å². The van der Waals surface area contributed by atoms with Crippen molar-refractivity contribution in [2.45, 2.75) is 38.0 Å². The first kappa shape index (κ1) is 22.6. The van der Waals surface area contributed by atoms with Crippen LogP contribution in [0.3, 0.4) is 0 Å². The number of likely N-dealkylation sites (tertiary alicyclic amines) is 1. The van der Waals surface area contributed by atoms with E-state index in [1.54, 1.807) is 17.0 Å². The number of rotatable bonds is 8. The Morgan fingerprint density at radius 2 is 1.79 bits per heavy atom. The largest absolute Gasteiger partial charge is 0.343 e. The van der Waals surface area contributed by atoms with Crippen LogP contribution in [-0.2, 0) is 19.6 Å². The second kappa shape index (κ2) is 10.2. The van der Waals surface area contributed by atoms with Crippen LogP contribution < -0.4 is 4.72 Å². The van der Waals surface area contributed by atoms with Gasteiger partial charge >= 0.3 is 0 Å². The maximum absolute atomic E-state index is 12.4. The fourth-order valence-electron chi connectivity index (χ4n) is 3.36. The van der Waals surface area contributed by atoms with E-state index in [-0.39, 0.29) is 40.6 Å². The van der Waals surface area contributed by atoms with Gasteiger partial charge in [-0.1, -0.05) is 23.7 Å². The molecule has 0 aliphatic carbocycles. The van der Waals surface area contributed by atoms with Crippen LogP contribution in [0.25, 0.3) is 0 Å². The molecule has 0 unspecified atom stereocenters. The first-order valence-corrected chi connectivity index (χ1v) is 11.5. The number of hydrogen-bond donors (Lipinski definition) is 1. The standard InChI is InChI=1S/C19H28ClN3O4S/c1-3-22(4-2)19(25)15-10-13-23(14-11-15)18(24)9-12-21-28(26,27)17-8-6-5-7-16(17)20/h5-8,15,21H,3-4,9-14H2,1-2H3. The summed E-state index contributed by atoms with van der Waals surface area (Å²) < 4.78 is 27.0. The summed E-state index contributed by atoms with van der Waals surface area (Å²) in [5.74, 6) is 0.00266. The number of carbonyl (C=O) groups excluding carboxylic acids is 2. The quantitative estimate of drug-likeness (QED) is 0.685. The average Bonchev–Trinajstić information content (AvgIpc) is 2.69. The Hall–Kier alpha value is -1.64. The van der Waals surface area contributed by atoms with Crippen molar-refractivity contribution in [2.75, 3.05) is 32.7 Å². The molecule has 2 rings (SSSR count). The summed E-state index contributed by atoms with van der Waals surface area (Å²) in [6, 6.07) is 6.17. The van der Waals surface area contributed by atoms with Gasteiger partial charge in [0.1, 0.15) is 4.90 Å². The van der Waals surface area contributed by atoms with Crippen LogP contribution in [0.15, 0.2) is 29.2 Å². The molecular formula is C19H28ClN3O4S. The van der Waals surface area contributed by atoms with Crippen molar-refractivity contribution in [3.8, 4) is 0 Å². The number of piperidine rings is 1. The van der Waals surface area contributed by atoms with Gasteiger partial charge in [0.2, 0.25) is 21.8 Å². The summed E-state index contributed by atoms with van der Waals surface area (Å²) in [6.07, 6.45) is 1.36. The van der Waals surface area contributed by atoms with Crippen LogP contribution in [0.5, 0.6) is 0 Å². The molecule has 7 nitrogen and oxygen atoms in total. The summed E-state index contributed by atoms with van der Waals surface area (Å²) in [6.45, 7) is 6.36. The molecule has 1 aliphatic rings. The molecule has 1 N–H and O–H groups in total. The van der Waals surface area contributed by atoms with E-state index in [1.807, 2.05) is 18.7 Å². The molecule has 1 fully saturated rings. The smallest absolute Gasteiger partial charge is 0.242 e. The summed E-state index contributed by atoms with van der Waals surface area (Å²) in [4.78, 5) is 28.3. The molecule has 1 aliphatic heterocycles. The number of amides is 2. The molecule has 0 atom stereocenters. The zero-order chi connectivity index (χ0) is 20.7. The third-order valence-corrected chi connectivity index (χ3v) is 6.99. The zero-order valence-electron chi connectivity index (χ0n) is 16.4. The number of benzene rings is 1. The van der Waals surface area contributed by atoms with Crippen molar-refractivity contribution in [3.05, 3.63) is 29.3 Å². The Bertz CT molecular complexity index is 788. The minimum atomic E-state index is -3.76. The normalized spacial score (nSPS) is 15.5. The van der Waals surface area contributed by atoms with Crippen molar-refractivity contribution in [3.63, 3.8) is 0 Å². The first-order chi connectivity index (χ1) is 13.3. The van der Waals surface area contributed by atoms with Gasteiger partial charge in [-0.15, -0.1) is 0 Å². The number of halogens is 1. The van der Waals surface area contributed by atoms with Gasteiger partial charge in [-0.3, -0.25) is 9.59 Å². The Labute approximate surface area is 172 Å². The number of nitrogens with zero attached hydrogens (tertiary/aromatic N) is 2. The van der Waals surface area contributed by atoms with Gasteiger partial charge in [0.05, 0.1) is 5.02 Å². The Kier molecular flexibility index (Phi) is 8.27. The maximum atomic E-state index is 12.4. The highest BCUT2D eigenvalue weighted by Gasteiger charge is 2.29. The Balaban J connectivity index is 1.80. The highest BCUT2D eigenvalue weighted by Crippen LogP contribution is 2.21. The molecule has 0 radical (unpaired) electrons. The monoisotopic (exact) mass is 429 g/mol. The highest BCUT2D eigenvalue weighted by atomic mass is 35.5. The van der Waals surface area contributed by atoms with E-state index in [1.165, 1.54) is 12.1 Å². The van der Waals surface area contributed by atoms with E-state index in [0.717, 1.165) is 0 Å². The molecule has 1 heterocycles. The van der Waals surface area contributed by atoms with E-state index in [4.69, 9.17) is 11.6 Å². The third kappa shape index (κ3) is 5.68. The molecular weight excluding hydrogens is 402 g/mol. The topological polar surface area (TPSA) is 86.8 Å². The lowest BCUT2D eigenvalue weighted by molar-refractivity contribution is -0.140. The fourth-order valence-corrected chi connectivity index (χ4v) is 4.91. The molecule has 9 heteroatoms. The Morgan fingerprint density at radius 3 is 2.36 bits per heavy atom. The van der Waals surface area contributed by atoms with Crippen LogP contribution in [-0.4, -0.2) is 62.8 Å². The van der Waals surface area contributed by atoms with Gasteiger partial charge in [0.15, 0.2) is 0 Å². The van der Waals surface area contributed by atoms with Crippen LogP contribution in [0.4, 0.5) is 0 Å². The predicted octanol–water partition coefficient (Wildman–Crippen LogP) is 2.12. The first-order valence-electron chi connectivity index (χ1n) is 9.60. The lowest BCUT2D eigenvalue weighted by Gasteiger charge is -2.33. The number of nitrogens with one attached hydrogen (secondary N) is 1. The Morgan fingerprint density at radius 1 is 1.18 bits per heavy atom. The second-order valence-electron chi connectivity index (χ2n) is 6.74. The SMILES string of the molecule is CCN(CC)C(=O)C1CCN(C(=O)CCNS(=O)(=O)c2ccccc2Cl)CC1. The van der Waals surface area contributed by atoms with Gasteiger partial charge in [-0.25, -0.2) is 13.1 Å². The van der Waals surface area contributed by atoms with Crippen LogP contribution in [0.1, 0.15) is 33.1 Å². The van der Waals surface area contributed by atoms with Crippen LogP contribution >= 0.6 is 11.6 Å². The maximum Gasteiger partial charge on any atom is 0.242 e. The number of carbonyl (C=O) groups is 2. The predicted molar refractivity (Wildman–Crippen MR) is 108 cm³/mol. The molecule has 1 aromatic rings. The lowest BCUT2D eigenvalue weighted by Crippen LogP contribution is -2.45. The highest BCUT2D eigenvalue weighted by molar-refractivity contribution is 7.89. The van der Waals surface area contributed by atoms with E-state index in [2.05, 4.69) is 4.72 Å². The van der Waals surface area contributed by atoms with Gasteiger partial charge in [0, 0.05) is 45.1 Å². The molecule has 2 amide bonds. The van der Waals surface area contributed by atoms with E-state index in [9.17, 15) is 18.0 Å². The minimum absolute atomic E-state index is 0.000144. The van der Waals surface area contributed by atoms with E-state index in [0.29, 0.717) is 39.0 Å². The van der Waals surface area contributed by atoms with Crippen molar-refractivity contribution in [2.24, 2.45) is 5.92 Å². The molecule has 0 saturated carbocycles. The van der Waals surface area contributed by atoms with Crippen molar-refractivity contribution < 1.29 is 18.0 Å². The lowest BCUT2D eigenvalue weighted by atomic mass is 9.95. The third-order valence-electron chi connectivity index (χ3n) is 5.03. The zero-order valence-corrected chi connectivity index (χ0v) is 17.9. The van der Waals surface area contributed by atoms with Crippen molar-refractivity contribution in [1.82, 2.24) is 14.5 Å². The molecule has 0 spiro atoms. The number of sulfonamides is 1. The molecule has 1 saturated heterocycles. The molecule has 156 valence electrons. The number of hydrogen-bond acceptors (Lipinski definition) is 4. The minimum Gasteiger partial charge on any atom is -0.343 e. The molecule has 1 aromatic carbocycles. The van der Waals surface area contributed by atoms with Gasteiger partial charge in [-0.05, 0) is 38.8 Å². The molecule has 0 bridgehead atoms. The molecule has 28 heavy (non-hydrogen) atoms. The summed E-state index contributed by atoms with van der Waals surface area (Å²) in [7, 11) is -3.76. The van der Waals surface area contributed by atoms with Gasteiger partial charge < -0.3 is 9.80 Å². The molecule has 0 aromatic heterocycles. The van der Waals surface area contributed by atoms with E-state index >= 15 is 0 Å². The van der Waals surface area contributed by atoms with Crippen LogP contribution in [0, 0.1) is 5.92 Å². The van der Waals surface area contributed by atoms with Crippen molar-refractivity contribution >= 4 is 33.4 Å². The summed E-state index contributed by atoms with van der Waals surface area (Å²) in [5.41, 5.74) is 0. The second-order valence-corrected chi connectivity index (χ2v) is 8.89. The fraction of sp³-hybridized carbons (Fsp3) is 0.579. The van der Waals surface area contributed by atoms with Crippen LogP contribution in [0.2, 0.25) is 5.02 Å². The average molecular weight is 430 g/mol. The van der Waals surface area contributed by atoms with Crippen molar-refractivity contribution in [1.29, 1.82) is 0 Å². The van der Waals surface area contributed by atoms with E-state index < -0.39 is 10.0 Å². The van der Waals surface area contributed by atoms with Gasteiger partial charge in [0.25, 0.3) is 0 Å².